The van der Waals surface area contributed by atoms with Crippen LogP contribution in [0.3, 0.4) is 0 Å². The summed E-state index contributed by atoms with van der Waals surface area (Å²) < 4.78 is 29.0. The summed E-state index contributed by atoms with van der Waals surface area (Å²) in [6.07, 6.45) is 6.25. The Balaban J connectivity index is 2.11. The number of hydroxylamine groups is 1. The summed E-state index contributed by atoms with van der Waals surface area (Å²) in [5, 5.41) is 12.4. The monoisotopic (exact) mass is 402 g/mol. The molecule has 1 N–H and O–H groups in total. The van der Waals surface area contributed by atoms with Crippen LogP contribution in [0.1, 0.15) is 50.2 Å². The molecule has 0 saturated heterocycles. The molecule has 0 aromatic heterocycles. The van der Waals surface area contributed by atoms with Gasteiger partial charge in [0, 0.05) is 5.56 Å². The van der Waals surface area contributed by atoms with Crippen molar-refractivity contribution in [3.63, 3.8) is 0 Å². The van der Waals surface area contributed by atoms with Gasteiger partial charge >= 0.3 is 0 Å². The second-order valence-electron chi connectivity index (χ2n) is 7.12. The largest absolute Gasteiger partial charge is 0.624 e. The van der Waals surface area contributed by atoms with Crippen molar-refractivity contribution in [1.82, 2.24) is 4.72 Å². The van der Waals surface area contributed by atoms with Gasteiger partial charge in [-0.05, 0) is 37.6 Å². The quantitative estimate of drug-likeness (QED) is 0.201. The van der Waals surface area contributed by atoms with Crippen LogP contribution in [-0.2, 0) is 10.0 Å². The number of unbranched alkanes of at least 4 members (excludes halogenated alkanes) is 3. The number of hydrogen-bond donors (Lipinski definition) is 1. The maximum absolute atomic E-state index is 12.7. The zero-order valence-electron chi connectivity index (χ0n) is 16.7. The van der Waals surface area contributed by atoms with Gasteiger partial charge in [0.2, 0.25) is 10.0 Å². The SMILES string of the molecule is CCCCCCC(C/[N+]([O-])=C/c1ccccc1)NS(=O)(=O)c1ccc(C)cc1. The van der Waals surface area contributed by atoms with Gasteiger partial charge in [-0.1, -0.05) is 68.5 Å². The first-order valence-electron chi connectivity index (χ1n) is 9.83. The average Bonchev–Trinajstić information content (AvgIpc) is 2.66. The Morgan fingerprint density at radius 1 is 1.04 bits per heavy atom. The van der Waals surface area contributed by atoms with Crippen molar-refractivity contribution in [3.8, 4) is 0 Å². The van der Waals surface area contributed by atoms with Crippen molar-refractivity contribution < 1.29 is 13.2 Å². The Hall–Kier alpha value is -2.18. The summed E-state index contributed by atoms with van der Waals surface area (Å²) in [7, 11) is -3.67. The van der Waals surface area contributed by atoms with Gasteiger partial charge in [0.15, 0.2) is 12.8 Å². The normalized spacial score (nSPS) is 13.4. The molecule has 0 aliphatic carbocycles. The molecule has 0 saturated carbocycles. The number of nitrogens with one attached hydrogen (secondary N) is 1. The zero-order valence-corrected chi connectivity index (χ0v) is 17.5. The molecule has 0 amide bonds. The number of hydrogen-bond acceptors (Lipinski definition) is 3. The van der Waals surface area contributed by atoms with Gasteiger partial charge in [-0.2, -0.15) is 0 Å². The summed E-state index contributed by atoms with van der Waals surface area (Å²) in [6, 6.07) is 15.6. The van der Waals surface area contributed by atoms with E-state index in [0.717, 1.165) is 41.5 Å². The number of aryl methyl sites for hydroxylation is 1. The molecule has 2 rings (SSSR count). The van der Waals surface area contributed by atoms with Crippen LogP contribution in [-0.4, -0.2) is 32.0 Å². The van der Waals surface area contributed by atoms with Crippen molar-refractivity contribution in [2.75, 3.05) is 6.54 Å². The van der Waals surface area contributed by atoms with Gasteiger partial charge < -0.3 is 5.21 Å². The number of rotatable bonds is 11. The highest BCUT2D eigenvalue weighted by Crippen LogP contribution is 2.13. The molecule has 152 valence electrons. The van der Waals surface area contributed by atoms with Crippen LogP contribution in [0.4, 0.5) is 0 Å². The van der Waals surface area contributed by atoms with Crippen LogP contribution in [0.25, 0.3) is 0 Å². The lowest BCUT2D eigenvalue weighted by Crippen LogP contribution is -2.40. The minimum absolute atomic E-state index is 0.0755. The Kier molecular flexibility index (Phi) is 8.67. The summed E-state index contributed by atoms with van der Waals surface area (Å²) in [5.41, 5.74) is 1.79. The molecule has 0 spiro atoms. The predicted molar refractivity (Wildman–Crippen MR) is 114 cm³/mol. The molecular weight excluding hydrogens is 372 g/mol. The first kappa shape index (κ1) is 22.1. The second-order valence-corrected chi connectivity index (χ2v) is 8.83. The highest BCUT2D eigenvalue weighted by atomic mass is 32.2. The van der Waals surface area contributed by atoms with Crippen molar-refractivity contribution in [2.24, 2.45) is 0 Å². The molecule has 1 unspecified atom stereocenters. The molecule has 1 atom stereocenters. The van der Waals surface area contributed by atoms with E-state index in [0.29, 0.717) is 6.42 Å². The van der Waals surface area contributed by atoms with Crippen molar-refractivity contribution in [3.05, 3.63) is 70.9 Å². The molecule has 0 aliphatic rings. The molecule has 2 aromatic carbocycles. The molecular formula is C22H30N2O3S. The lowest BCUT2D eigenvalue weighted by molar-refractivity contribution is -0.455. The molecule has 2 aromatic rings. The Morgan fingerprint density at radius 2 is 1.71 bits per heavy atom. The van der Waals surface area contributed by atoms with E-state index in [-0.39, 0.29) is 11.4 Å². The number of sulfonamides is 1. The van der Waals surface area contributed by atoms with Gasteiger partial charge in [0.25, 0.3) is 0 Å². The molecule has 0 aliphatic heterocycles. The van der Waals surface area contributed by atoms with Gasteiger partial charge in [-0.15, -0.1) is 0 Å². The van der Waals surface area contributed by atoms with E-state index in [9.17, 15) is 13.6 Å². The lowest BCUT2D eigenvalue weighted by atomic mass is 10.1. The molecule has 0 bridgehead atoms. The van der Waals surface area contributed by atoms with E-state index in [1.54, 1.807) is 24.3 Å². The van der Waals surface area contributed by atoms with Gasteiger partial charge in [0.1, 0.15) is 0 Å². The molecule has 0 radical (unpaired) electrons. The molecule has 0 heterocycles. The van der Waals surface area contributed by atoms with E-state index < -0.39 is 16.1 Å². The van der Waals surface area contributed by atoms with Crippen LogP contribution < -0.4 is 4.72 Å². The summed E-state index contributed by atoms with van der Waals surface area (Å²) in [4.78, 5) is 0.223. The van der Waals surface area contributed by atoms with E-state index in [1.165, 1.54) is 6.21 Å². The molecule has 6 heteroatoms. The second kappa shape index (κ2) is 11.0. The van der Waals surface area contributed by atoms with E-state index in [4.69, 9.17) is 0 Å². The molecule has 28 heavy (non-hydrogen) atoms. The first-order chi connectivity index (χ1) is 13.4. The number of benzene rings is 2. The zero-order chi connectivity index (χ0) is 20.4. The fraction of sp³-hybridized carbons (Fsp3) is 0.409. The third-order valence-corrected chi connectivity index (χ3v) is 6.09. The molecule has 5 nitrogen and oxygen atoms in total. The first-order valence-corrected chi connectivity index (χ1v) is 11.3. The maximum Gasteiger partial charge on any atom is 0.241 e. The summed E-state index contributed by atoms with van der Waals surface area (Å²) in [5.74, 6) is 0. The minimum atomic E-state index is -3.67. The lowest BCUT2D eigenvalue weighted by Gasteiger charge is -2.18. The van der Waals surface area contributed by atoms with Gasteiger partial charge in [-0.3, -0.25) is 0 Å². The van der Waals surface area contributed by atoms with E-state index in [1.807, 2.05) is 37.3 Å². The Morgan fingerprint density at radius 3 is 2.36 bits per heavy atom. The van der Waals surface area contributed by atoms with Crippen LogP contribution in [0.5, 0.6) is 0 Å². The van der Waals surface area contributed by atoms with E-state index >= 15 is 0 Å². The van der Waals surface area contributed by atoms with Crippen LogP contribution >= 0.6 is 0 Å². The topological polar surface area (TPSA) is 72.2 Å². The summed E-state index contributed by atoms with van der Waals surface area (Å²) in [6.45, 7) is 4.12. The Labute approximate surface area is 168 Å². The average molecular weight is 403 g/mol. The standard InChI is InChI=1S/C22H30N2O3S/c1-3-4-5-9-12-21(18-24(25)17-20-10-7-6-8-11-20)23-28(26,27)22-15-13-19(2)14-16-22/h6-8,10-11,13-17,21,23H,3-5,9,12,18H2,1-2H3/b24-17-. The third-order valence-electron chi connectivity index (χ3n) is 4.55. The minimum Gasteiger partial charge on any atom is -0.624 e. The third kappa shape index (κ3) is 7.44. The van der Waals surface area contributed by atoms with Crippen LogP contribution in [0, 0.1) is 12.1 Å². The molecule has 0 fully saturated rings. The van der Waals surface area contributed by atoms with Gasteiger partial charge in [-0.25, -0.2) is 17.9 Å². The van der Waals surface area contributed by atoms with E-state index in [2.05, 4.69) is 11.6 Å². The van der Waals surface area contributed by atoms with Crippen molar-refractivity contribution in [1.29, 1.82) is 0 Å². The Bertz CT molecular complexity index is 847. The highest BCUT2D eigenvalue weighted by Gasteiger charge is 2.22. The van der Waals surface area contributed by atoms with Crippen molar-refractivity contribution in [2.45, 2.75) is 56.9 Å². The number of nitrogens with zero attached hydrogens (tertiary/aromatic N) is 1. The van der Waals surface area contributed by atoms with Crippen LogP contribution in [0.15, 0.2) is 59.5 Å². The van der Waals surface area contributed by atoms with Crippen molar-refractivity contribution >= 4 is 16.2 Å². The van der Waals surface area contributed by atoms with Crippen LogP contribution in [0.2, 0.25) is 0 Å². The predicted octanol–water partition coefficient (Wildman–Crippen LogP) is 4.24. The van der Waals surface area contributed by atoms with Gasteiger partial charge in [0.05, 0.1) is 10.9 Å². The smallest absolute Gasteiger partial charge is 0.241 e. The summed E-state index contributed by atoms with van der Waals surface area (Å²) >= 11 is 0. The fourth-order valence-electron chi connectivity index (χ4n) is 2.99. The highest BCUT2D eigenvalue weighted by molar-refractivity contribution is 7.89. The fourth-order valence-corrected chi connectivity index (χ4v) is 4.25. The maximum atomic E-state index is 12.7.